The molecule has 2 unspecified atom stereocenters. The summed E-state index contributed by atoms with van der Waals surface area (Å²) in [5.74, 6) is 0.304. The Labute approximate surface area is 219 Å². The number of para-hydroxylation sites is 1. The number of hydrogen-bond donors (Lipinski definition) is 0. The minimum Gasteiger partial charge on any atom is -0.455 e. The van der Waals surface area contributed by atoms with Crippen LogP contribution in [0.4, 0.5) is 0 Å². The lowest BCUT2D eigenvalue weighted by molar-refractivity contribution is 0.474. The third-order valence-corrected chi connectivity index (χ3v) is 8.45. The zero-order valence-electron chi connectivity index (χ0n) is 22.0. The fraction of sp³-hybridized carbons (Fsp3) is 0.167. The molecule has 1 heterocycles. The van der Waals surface area contributed by atoms with Crippen LogP contribution in [0.1, 0.15) is 47.6 Å². The number of hydrogen-bond acceptors (Lipinski definition) is 1. The number of rotatable bonds is 5. The van der Waals surface area contributed by atoms with Gasteiger partial charge in [0.2, 0.25) is 0 Å². The smallest absolute Gasteiger partial charge is 0.138 e. The molecule has 6 aromatic rings. The molecule has 1 nitrogen and oxygen atoms in total. The van der Waals surface area contributed by atoms with E-state index in [4.69, 9.17) is 4.42 Å². The molecular formula is C36H32O. The lowest BCUT2D eigenvalue weighted by Gasteiger charge is -2.37. The average molecular weight is 481 g/mol. The summed E-state index contributed by atoms with van der Waals surface area (Å²) in [5, 5.41) is 2.37. The topological polar surface area (TPSA) is 13.1 Å². The van der Waals surface area contributed by atoms with Gasteiger partial charge in [0.05, 0.1) is 0 Å². The van der Waals surface area contributed by atoms with Gasteiger partial charge in [-0.15, -0.1) is 0 Å². The first-order valence-corrected chi connectivity index (χ1v) is 13.1. The molecule has 0 aliphatic heterocycles. The molecule has 37 heavy (non-hydrogen) atoms. The second kappa shape index (κ2) is 9.09. The van der Waals surface area contributed by atoms with E-state index in [-0.39, 0.29) is 5.41 Å². The Bertz CT molecular complexity index is 1690. The molecule has 0 aliphatic carbocycles. The minimum absolute atomic E-state index is 0.170. The Morgan fingerprint density at radius 3 is 1.92 bits per heavy atom. The molecule has 1 aromatic heterocycles. The van der Waals surface area contributed by atoms with E-state index in [1.54, 1.807) is 0 Å². The Hall–Kier alpha value is -4.10. The summed E-state index contributed by atoms with van der Waals surface area (Å²) < 4.78 is 6.39. The van der Waals surface area contributed by atoms with Gasteiger partial charge in [-0.2, -0.15) is 0 Å². The van der Waals surface area contributed by atoms with Crippen molar-refractivity contribution in [2.75, 3.05) is 0 Å². The zero-order valence-corrected chi connectivity index (χ0v) is 22.0. The van der Waals surface area contributed by atoms with Crippen LogP contribution in [0.25, 0.3) is 33.1 Å². The highest BCUT2D eigenvalue weighted by molar-refractivity contribution is 6.08. The Morgan fingerprint density at radius 2 is 1.22 bits per heavy atom. The minimum atomic E-state index is -0.170. The van der Waals surface area contributed by atoms with Gasteiger partial charge in [0.1, 0.15) is 11.2 Å². The van der Waals surface area contributed by atoms with Crippen molar-refractivity contribution in [3.8, 4) is 11.1 Å². The predicted octanol–water partition coefficient (Wildman–Crippen LogP) is 9.98. The maximum Gasteiger partial charge on any atom is 0.138 e. The van der Waals surface area contributed by atoms with Crippen LogP contribution in [0.3, 0.4) is 0 Å². The fourth-order valence-electron chi connectivity index (χ4n) is 5.97. The molecular weight excluding hydrogens is 448 g/mol. The van der Waals surface area contributed by atoms with E-state index in [1.807, 2.05) is 0 Å². The van der Waals surface area contributed by atoms with E-state index >= 15 is 0 Å². The number of furan rings is 1. The summed E-state index contributed by atoms with van der Waals surface area (Å²) in [6, 6.07) is 41.8. The van der Waals surface area contributed by atoms with Crippen molar-refractivity contribution in [1.82, 2.24) is 0 Å². The molecule has 1 heteroatoms. The van der Waals surface area contributed by atoms with Crippen LogP contribution in [0.2, 0.25) is 0 Å². The lowest BCUT2D eigenvalue weighted by Crippen LogP contribution is -2.30. The van der Waals surface area contributed by atoms with Gasteiger partial charge in [-0.3, -0.25) is 0 Å². The Balaban J connectivity index is 1.45. The maximum atomic E-state index is 6.39. The maximum absolute atomic E-state index is 6.39. The molecule has 0 saturated carbocycles. The summed E-state index contributed by atoms with van der Waals surface area (Å²) in [5.41, 5.74) is 10.6. The Kier molecular flexibility index (Phi) is 5.72. The van der Waals surface area contributed by atoms with Crippen LogP contribution in [0.5, 0.6) is 0 Å². The highest BCUT2D eigenvalue weighted by Crippen LogP contribution is 2.45. The van der Waals surface area contributed by atoms with Crippen LogP contribution < -0.4 is 0 Å². The standard InChI is InChI=1S/C36H32O/c1-24-12-11-17-32-33-23-22-31(25(2)35(33)37-34(24)32)28-18-20-30(21-19-28)36(4,29-15-9-6-10-16-29)26(3)27-13-7-5-8-14-27/h5-23,26H,1-4H3. The molecule has 0 amide bonds. The van der Waals surface area contributed by atoms with E-state index in [0.717, 1.165) is 11.2 Å². The normalized spacial score (nSPS) is 14.1. The van der Waals surface area contributed by atoms with E-state index in [9.17, 15) is 0 Å². The summed E-state index contributed by atoms with van der Waals surface area (Å²) in [6.45, 7) is 9.01. The van der Waals surface area contributed by atoms with Crippen molar-refractivity contribution in [3.05, 3.63) is 143 Å². The second-order valence-electron chi connectivity index (χ2n) is 10.4. The van der Waals surface area contributed by atoms with Crippen LogP contribution >= 0.6 is 0 Å². The van der Waals surface area contributed by atoms with Gasteiger partial charge in [0.15, 0.2) is 0 Å². The first-order valence-electron chi connectivity index (χ1n) is 13.1. The highest BCUT2D eigenvalue weighted by atomic mass is 16.3. The predicted molar refractivity (Wildman–Crippen MR) is 156 cm³/mol. The fourth-order valence-corrected chi connectivity index (χ4v) is 5.97. The number of benzene rings is 5. The van der Waals surface area contributed by atoms with Gasteiger partial charge >= 0.3 is 0 Å². The molecule has 0 spiro atoms. The lowest BCUT2D eigenvalue weighted by atomic mass is 9.65. The van der Waals surface area contributed by atoms with Gasteiger partial charge in [0.25, 0.3) is 0 Å². The van der Waals surface area contributed by atoms with E-state index in [2.05, 4.69) is 143 Å². The van der Waals surface area contributed by atoms with E-state index < -0.39 is 0 Å². The van der Waals surface area contributed by atoms with Crippen molar-refractivity contribution >= 4 is 21.9 Å². The van der Waals surface area contributed by atoms with Gasteiger partial charge in [0, 0.05) is 21.8 Å². The molecule has 0 N–H and O–H groups in total. The van der Waals surface area contributed by atoms with Gasteiger partial charge < -0.3 is 4.42 Å². The molecule has 0 aliphatic rings. The Morgan fingerprint density at radius 1 is 0.595 bits per heavy atom. The van der Waals surface area contributed by atoms with Crippen LogP contribution in [0.15, 0.2) is 120 Å². The monoisotopic (exact) mass is 480 g/mol. The molecule has 6 rings (SSSR count). The van der Waals surface area contributed by atoms with Crippen LogP contribution in [-0.4, -0.2) is 0 Å². The summed E-state index contributed by atoms with van der Waals surface area (Å²) in [4.78, 5) is 0. The summed E-state index contributed by atoms with van der Waals surface area (Å²) in [7, 11) is 0. The third kappa shape index (κ3) is 3.78. The van der Waals surface area contributed by atoms with Crippen molar-refractivity contribution < 1.29 is 4.42 Å². The van der Waals surface area contributed by atoms with Crippen molar-refractivity contribution in [3.63, 3.8) is 0 Å². The van der Waals surface area contributed by atoms with Gasteiger partial charge in [-0.25, -0.2) is 0 Å². The average Bonchev–Trinajstić information content (AvgIpc) is 3.34. The zero-order chi connectivity index (χ0) is 25.6. The summed E-state index contributed by atoms with van der Waals surface area (Å²) >= 11 is 0. The molecule has 2 atom stereocenters. The van der Waals surface area contributed by atoms with Crippen molar-refractivity contribution in [1.29, 1.82) is 0 Å². The first-order chi connectivity index (χ1) is 18.0. The third-order valence-electron chi connectivity index (χ3n) is 8.45. The molecule has 182 valence electrons. The molecule has 0 bridgehead atoms. The molecule has 0 radical (unpaired) electrons. The summed E-state index contributed by atoms with van der Waals surface area (Å²) in [6.07, 6.45) is 0. The quantitative estimate of drug-likeness (QED) is 0.239. The van der Waals surface area contributed by atoms with Gasteiger partial charge in [-0.05, 0) is 59.2 Å². The largest absolute Gasteiger partial charge is 0.455 e. The van der Waals surface area contributed by atoms with Gasteiger partial charge in [-0.1, -0.05) is 123 Å². The van der Waals surface area contributed by atoms with Crippen LogP contribution in [-0.2, 0) is 5.41 Å². The molecule has 0 fully saturated rings. The van der Waals surface area contributed by atoms with E-state index in [0.29, 0.717) is 5.92 Å². The second-order valence-corrected chi connectivity index (χ2v) is 10.4. The highest BCUT2D eigenvalue weighted by Gasteiger charge is 2.35. The SMILES string of the molecule is Cc1cccc2c1oc1c(C)c(-c3ccc(C(C)(c4ccccc4)C(C)c4ccccc4)cc3)ccc12. The first kappa shape index (κ1) is 23.3. The van der Waals surface area contributed by atoms with Crippen molar-refractivity contribution in [2.24, 2.45) is 0 Å². The van der Waals surface area contributed by atoms with E-state index in [1.165, 1.54) is 49.7 Å². The van der Waals surface area contributed by atoms with Crippen LogP contribution in [0, 0.1) is 13.8 Å². The number of fused-ring (bicyclic) bond motifs is 3. The van der Waals surface area contributed by atoms with Crippen molar-refractivity contribution in [2.45, 2.75) is 39.0 Å². The molecule has 5 aromatic carbocycles. The molecule has 0 saturated heterocycles. The number of aryl methyl sites for hydroxylation is 2.